The fourth-order valence-electron chi connectivity index (χ4n) is 1.32. The zero-order valence-corrected chi connectivity index (χ0v) is 11.1. The summed E-state index contributed by atoms with van der Waals surface area (Å²) in [6.45, 7) is 9.58. The summed E-state index contributed by atoms with van der Waals surface area (Å²) in [6.07, 6.45) is 5.37. The lowest BCUT2D eigenvalue weighted by Gasteiger charge is -2.12. The maximum atomic E-state index is 11.3. The number of carbonyl (C=O) groups excluding carboxylic acids is 1. The van der Waals surface area contributed by atoms with E-state index in [0.29, 0.717) is 12.6 Å². The molecule has 0 rings (SSSR count). The molecule has 0 spiro atoms. The minimum atomic E-state index is 0.0934. The van der Waals surface area contributed by atoms with Crippen molar-refractivity contribution < 1.29 is 4.79 Å². The Labute approximate surface area is 99.7 Å². The van der Waals surface area contributed by atoms with Gasteiger partial charge in [-0.15, -0.1) is 0 Å². The van der Waals surface area contributed by atoms with Gasteiger partial charge in [-0.2, -0.15) is 0 Å². The van der Waals surface area contributed by atoms with Gasteiger partial charge in [-0.25, -0.2) is 0 Å². The molecule has 16 heavy (non-hydrogen) atoms. The minimum Gasteiger partial charge on any atom is -0.355 e. The third-order valence-corrected chi connectivity index (χ3v) is 2.34. The molecule has 2 N–H and O–H groups in total. The van der Waals surface area contributed by atoms with E-state index >= 15 is 0 Å². The zero-order chi connectivity index (χ0) is 12.4. The van der Waals surface area contributed by atoms with E-state index in [1.54, 1.807) is 0 Å². The summed E-state index contributed by atoms with van der Waals surface area (Å²) in [5.74, 6) is 0.0934. The molecule has 0 aromatic rings. The lowest BCUT2D eigenvalue weighted by Crippen LogP contribution is -2.38. The van der Waals surface area contributed by atoms with Crippen LogP contribution < -0.4 is 10.6 Å². The second kappa shape index (κ2) is 9.40. The highest BCUT2D eigenvalue weighted by atomic mass is 16.1. The number of hydrogen-bond donors (Lipinski definition) is 2. The maximum Gasteiger partial charge on any atom is 0.233 e. The second-order valence-corrected chi connectivity index (χ2v) is 4.49. The monoisotopic (exact) mass is 226 g/mol. The first-order valence-electron chi connectivity index (χ1n) is 6.19. The fraction of sp³-hybridized carbons (Fsp3) is 0.769. The van der Waals surface area contributed by atoms with Crippen molar-refractivity contribution in [2.75, 3.05) is 13.1 Å². The van der Waals surface area contributed by atoms with E-state index in [4.69, 9.17) is 0 Å². The van der Waals surface area contributed by atoms with Crippen molar-refractivity contribution in [1.29, 1.82) is 0 Å². The Morgan fingerprint density at radius 3 is 2.62 bits per heavy atom. The molecule has 0 bridgehead atoms. The van der Waals surface area contributed by atoms with Crippen LogP contribution in [-0.4, -0.2) is 25.0 Å². The molecule has 0 saturated carbocycles. The number of nitrogens with one attached hydrogen (secondary N) is 2. The molecule has 0 saturated heterocycles. The summed E-state index contributed by atoms with van der Waals surface area (Å²) in [7, 11) is 0. The van der Waals surface area contributed by atoms with Crippen molar-refractivity contribution in [2.45, 2.75) is 53.0 Å². The van der Waals surface area contributed by atoms with Crippen molar-refractivity contribution in [1.82, 2.24) is 10.6 Å². The van der Waals surface area contributed by atoms with Gasteiger partial charge in [0.1, 0.15) is 0 Å². The zero-order valence-electron chi connectivity index (χ0n) is 11.1. The molecular weight excluding hydrogens is 200 g/mol. The summed E-state index contributed by atoms with van der Waals surface area (Å²) >= 11 is 0. The first-order chi connectivity index (χ1) is 7.56. The van der Waals surface area contributed by atoms with Crippen molar-refractivity contribution >= 4 is 5.91 Å². The quantitative estimate of drug-likeness (QED) is 0.623. The molecule has 0 aliphatic carbocycles. The number of allylic oxidation sites excluding steroid dienone is 2. The molecule has 0 heterocycles. The van der Waals surface area contributed by atoms with Crippen LogP contribution in [0.4, 0.5) is 0 Å². The normalized spacial score (nSPS) is 12.0. The fourth-order valence-corrected chi connectivity index (χ4v) is 1.32. The van der Waals surface area contributed by atoms with Crippen LogP contribution in [0.25, 0.3) is 0 Å². The van der Waals surface area contributed by atoms with Crippen molar-refractivity contribution in [3.63, 3.8) is 0 Å². The third kappa shape index (κ3) is 9.71. The van der Waals surface area contributed by atoms with Gasteiger partial charge in [0, 0.05) is 12.6 Å². The van der Waals surface area contributed by atoms with Crippen LogP contribution in [-0.2, 0) is 4.79 Å². The molecule has 1 unspecified atom stereocenters. The topological polar surface area (TPSA) is 41.1 Å². The Kier molecular flexibility index (Phi) is 8.91. The van der Waals surface area contributed by atoms with E-state index in [0.717, 1.165) is 25.8 Å². The predicted octanol–water partition coefficient (Wildman–Crippen LogP) is 2.24. The van der Waals surface area contributed by atoms with Crippen molar-refractivity contribution in [3.05, 3.63) is 11.6 Å². The van der Waals surface area contributed by atoms with Gasteiger partial charge in [0.2, 0.25) is 5.91 Å². The maximum absolute atomic E-state index is 11.3. The number of rotatable bonds is 8. The van der Waals surface area contributed by atoms with Gasteiger partial charge in [-0.3, -0.25) is 4.79 Å². The average molecular weight is 226 g/mol. The number of carbonyl (C=O) groups is 1. The van der Waals surface area contributed by atoms with E-state index in [9.17, 15) is 4.79 Å². The smallest absolute Gasteiger partial charge is 0.233 e. The Morgan fingerprint density at radius 1 is 1.38 bits per heavy atom. The molecule has 1 atom stereocenters. The van der Waals surface area contributed by atoms with E-state index in [1.165, 1.54) is 5.57 Å². The van der Waals surface area contributed by atoms with Crippen molar-refractivity contribution in [3.8, 4) is 0 Å². The van der Waals surface area contributed by atoms with E-state index in [-0.39, 0.29) is 5.91 Å². The Balaban J connectivity index is 3.53. The molecule has 3 nitrogen and oxygen atoms in total. The third-order valence-electron chi connectivity index (χ3n) is 2.34. The highest BCUT2D eigenvalue weighted by Gasteiger charge is 2.03. The molecule has 0 fully saturated rings. The molecule has 0 aromatic carbocycles. The summed E-state index contributed by atoms with van der Waals surface area (Å²) in [5, 5.41) is 6.07. The molecule has 94 valence electrons. The first kappa shape index (κ1) is 15.2. The van der Waals surface area contributed by atoms with Gasteiger partial charge in [-0.1, -0.05) is 18.6 Å². The van der Waals surface area contributed by atoms with Crippen LogP contribution in [0.3, 0.4) is 0 Å². The van der Waals surface area contributed by atoms with Crippen LogP contribution in [0.5, 0.6) is 0 Å². The standard InChI is InChI=1S/C13H26N2O/c1-5-9-14-13(16)10-15-12(4)8-6-7-11(2)3/h7,12,15H,5-6,8-10H2,1-4H3,(H,14,16). The largest absolute Gasteiger partial charge is 0.355 e. The lowest BCUT2D eigenvalue weighted by atomic mass is 10.1. The average Bonchev–Trinajstić information content (AvgIpc) is 2.23. The molecular formula is C13H26N2O. The van der Waals surface area contributed by atoms with Crippen LogP contribution in [0, 0.1) is 0 Å². The van der Waals surface area contributed by atoms with E-state index in [2.05, 4.69) is 44.4 Å². The number of amides is 1. The highest BCUT2D eigenvalue weighted by Crippen LogP contribution is 2.00. The van der Waals surface area contributed by atoms with Gasteiger partial charge >= 0.3 is 0 Å². The highest BCUT2D eigenvalue weighted by molar-refractivity contribution is 5.77. The van der Waals surface area contributed by atoms with Gasteiger partial charge in [0.15, 0.2) is 0 Å². The molecule has 0 aliphatic heterocycles. The van der Waals surface area contributed by atoms with Gasteiger partial charge in [-0.05, 0) is 40.0 Å². The molecule has 0 aromatic heterocycles. The Bertz CT molecular complexity index is 220. The van der Waals surface area contributed by atoms with Crippen molar-refractivity contribution in [2.24, 2.45) is 0 Å². The first-order valence-corrected chi connectivity index (χ1v) is 6.19. The summed E-state index contributed by atoms with van der Waals surface area (Å²) in [6, 6.07) is 0.392. The van der Waals surface area contributed by atoms with Gasteiger partial charge in [0.25, 0.3) is 0 Å². The van der Waals surface area contributed by atoms with Crippen LogP contribution >= 0.6 is 0 Å². The Morgan fingerprint density at radius 2 is 2.06 bits per heavy atom. The van der Waals surface area contributed by atoms with E-state index in [1.807, 2.05) is 0 Å². The Hall–Kier alpha value is -0.830. The lowest BCUT2D eigenvalue weighted by molar-refractivity contribution is -0.120. The van der Waals surface area contributed by atoms with Crippen LogP contribution in [0.15, 0.2) is 11.6 Å². The predicted molar refractivity (Wildman–Crippen MR) is 69.4 cm³/mol. The summed E-state index contributed by atoms with van der Waals surface area (Å²) in [4.78, 5) is 11.3. The van der Waals surface area contributed by atoms with Crippen LogP contribution in [0.2, 0.25) is 0 Å². The molecule has 0 aliphatic rings. The van der Waals surface area contributed by atoms with E-state index < -0.39 is 0 Å². The molecule has 3 heteroatoms. The SMILES string of the molecule is CCCNC(=O)CNC(C)CCC=C(C)C. The summed E-state index contributed by atoms with van der Waals surface area (Å²) in [5.41, 5.74) is 1.35. The number of hydrogen-bond acceptors (Lipinski definition) is 2. The summed E-state index contributed by atoms with van der Waals surface area (Å²) < 4.78 is 0. The van der Waals surface area contributed by atoms with Gasteiger partial charge < -0.3 is 10.6 Å². The molecule has 1 amide bonds. The second-order valence-electron chi connectivity index (χ2n) is 4.49. The molecule has 0 radical (unpaired) electrons. The van der Waals surface area contributed by atoms with Crippen LogP contribution in [0.1, 0.15) is 47.0 Å². The minimum absolute atomic E-state index is 0.0934. The van der Waals surface area contributed by atoms with Gasteiger partial charge in [0.05, 0.1) is 6.54 Å².